The van der Waals surface area contributed by atoms with Crippen molar-refractivity contribution >= 4 is 11.0 Å². The second-order valence-electron chi connectivity index (χ2n) is 5.34. The fourth-order valence-corrected chi connectivity index (χ4v) is 2.60. The summed E-state index contributed by atoms with van der Waals surface area (Å²) in [5, 5.41) is 19.5. The van der Waals surface area contributed by atoms with E-state index in [1.807, 2.05) is 13.8 Å². The molecule has 0 aliphatic rings. The lowest BCUT2D eigenvalue weighted by Crippen LogP contribution is -2.01. The first-order valence-electron chi connectivity index (χ1n) is 7.93. The van der Waals surface area contributed by atoms with E-state index < -0.39 is 5.43 Å². The standard InChI is InChI=1S/C19H18O6/c1-3-23-15-6-5-11(7-17(15)24-4-2)16-10-14(22)19-13(21)8-12(20)9-18(19)25-16/h5-10,20-21H,3-4H2,1-2H3. The molecular formula is C19H18O6. The van der Waals surface area contributed by atoms with Gasteiger partial charge < -0.3 is 24.1 Å². The number of phenols is 2. The zero-order valence-electron chi connectivity index (χ0n) is 13.9. The van der Waals surface area contributed by atoms with Crippen molar-refractivity contribution in [2.45, 2.75) is 13.8 Å². The third-order valence-electron chi connectivity index (χ3n) is 3.62. The van der Waals surface area contributed by atoms with Crippen LogP contribution < -0.4 is 14.9 Å². The summed E-state index contributed by atoms with van der Waals surface area (Å²) in [7, 11) is 0. The molecule has 2 N–H and O–H groups in total. The quantitative estimate of drug-likeness (QED) is 0.735. The molecule has 0 atom stereocenters. The second kappa shape index (κ2) is 6.76. The van der Waals surface area contributed by atoms with Gasteiger partial charge in [-0.25, -0.2) is 0 Å². The highest BCUT2D eigenvalue weighted by molar-refractivity contribution is 5.86. The van der Waals surface area contributed by atoms with E-state index in [0.717, 1.165) is 6.07 Å². The number of phenolic OH excluding ortho intramolecular Hbond substituents is 2. The molecule has 1 heterocycles. The number of rotatable bonds is 5. The van der Waals surface area contributed by atoms with Gasteiger partial charge in [0.25, 0.3) is 0 Å². The van der Waals surface area contributed by atoms with Gasteiger partial charge in [-0.15, -0.1) is 0 Å². The van der Waals surface area contributed by atoms with Gasteiger partial charge in [-0.3, -0.25) is 4.79 Å². The Labute approximate surface area is 143 Å². The molecule has 2 aromatic carbocycles. The van der Waals surface area contributed by atoms with Crippen LogP contribution in [0.15, 0.2) is 45.6 Å². The average Bonchev–Trinajstić information content (AvgIpc) is 2.55. The molecule has 0 radical (unpaired) electrons. The van der Waals surface area contributed by atoms with Crippen LogP contribution in [0.1, 0.15) is 13.8 Å². The van der Waals surface area contributed by atoms with Gasteiger partial charge in [-0.05, 0) is 32.0 Å². The second-order valence-corrected chi connectivity index (χ2v) is 5.34. The first-order valence-corrected chi connectivity index (χ1v) is 7.93. The molecule has 0 spiro atoms. The molecule has 130 valence electrons. The maximum atomic E-state index is 12.3. The van der Waals surface area contributed by atoms with Crippen LogP contribution in [0.5, 0.6) is 23.0 Å². The summed E-state index contributed by atoms with van der Waals surface area (Å²) in [4.78, 5) is 12.3. The topological polar surface area (TPSA) is 89.1 Å². The summed E-state index contributed by atoms with van der Waals surface area (Å²) in [6.07, 6.45) is 0. The summed E-state index contributed by atoms with van der Waals surface area (Å²) in [5.41, 5.74) is 0.321. The van der Waals surface area contributed by atoms with Gasteiger partial charge in [0.2, 0.25) is 0 Å². The van der Waals surface area contributed by atoms with Gasteiger partial charge >= 0.3 is 0 Å². The number of ether oxygens (including phenoxy) is 2. The molecule has 0 saturated carbocycles. The fraction of sp³-hybridized carbons (Fsp3) is 0.211. The van der Waals surface area contributed by atoms with Crippen molar-refractivity contribution in [1.82, 2.24) is 0 Å². The molecule has 0 saturated heterocycles. The largest absolute Gasteiger partial charge is 0.508 e. The van der Waals surface area contributed by atoms with Crippen LogP contribution in [0.25, 0.3) is 22.3 Å². The SMILES string of the molecule is CCOc1ccc(-c2cc(=O)c3c(O)cc(O)cc3o2)cc1OCC. The van der Waals surface area contributed by atoms with Crippen LogP contribution in [0.2, 0.25) is 0 Å². The molecule has 0 unspecified atom stereocenters. The van der Waals surface area contributed by atoms with Gasteiger partial charge in [0.05, 0.1) is 13.2 Å². The lowest BCUT2D eigenvalue weighted by molar-refractivity contribution is 0.288. The number of hydrogen-bond donors (Lipinski definition) is 2. The van der Waals surface area contributed by atoms with Crippen LogP contribution in [-0.2, 0) is 0 Å². The van der Waals surface area contributed by atoms with E-state index in [1.54, 1.807) is 18.2 Å². The monoisotopic (exact) mass is 342 g/mol. The van der Waals surface area contributed by atoms with E-state index in [0.29, 0.717) is 36.0 Å². The molecule has 6 heteroatoms. The van der Waals surface area contributed by atoms with Gasteiger partial charge in [0, 0.05) is 23.8 Å². The summed E-state index contributed by atoms with van der Waals surface area (Å²) in [6, 6.07) is 8.90. The first kappa shape index (κ1) is 16.7. The predicted molar refractivity (Wildman–Crippen MR) is 93.6 cm³/mol. The van der Waals surface area contributed by atoms with Crippen molar-refractivity contribution in [3.8, 4) is 34.3 Å². The number of fused-ring (bicyclic) bond motifs is 1. The van der Waals surface area contributed by atoms with Crippen molar-refractivity contribution < 1.29 is 24.1 Å². The van der Waals surface area contributed by atoms with Crippen molar-refractivity contribution in [2.24, 2.45) is 0 Å². The molecular weight excluding hydrogens is 324 g/mol. The lowest BCUT2D eigenvalue weighted by atomic mass is 10.1. The van der Waals surface area contributed by atoms with Crippen LogP contribution in [-0.4, -0.2) is 23.4 Å². The first-order chi connectivity index (χ1) is 12.0. The molecule has 3 aromatic rings. The Hall–Kier alpha value is -3.15. The third-order valence-corrected chi connectivity index (χ3v) is 3.62. The molecule has 0 fully saturated rings. The minimum Gasteiger partial charge on any atom is -0.508 e. The minimum absolute atomic E-state index is 0.0255. The smallest absolute Gasteiger partial charge is 0.197 e. The van der Waals surface area contributed by atoms with E-state index in [1.165, 1.54) is 12.1 Å². The van der Waals surface area contributed by atoms with Crippen LogP contribution in [0.3, 0.4) is 0 Å². The predicted octanol–water partition coefficient (Wildman–Crippen LogP) is 3.67. The zero-order chi connectivity index (χ0) is 18.0. The van der Waals surface area contributed by atoms with Crippen molar-refractivity contribution in [1.29, 1.82) is 0 Å². The maximum absolute atomic E-state index is 12.3. The Morgan fingerprint density at radius 3 is 2.40 bits per heavy atom. The number of aromatic hydroxyl groups is 2. The third kappa shape index (κ3) is 3.24. The highest BCUT2D eigenvalue weighted by Crippen LogP contribution is 2.35. The Kier molecular flexibility index (Phi) is 4.52. The van der Waals surface area contributed by atoms with Crippen molar-refractivity contribution in [3.05, 3.63) is 46.6 Å². The zero-order valence-corrected chi connectivity index (χ0v) is 13.9. The Morgan fingerprint density at radius 1 is 0.960 bits per heavy atom. The summed E-state index contributed by atoms with van der Waals surface area (Å²) >= 11 is 0. The van der Waals surface area contributed by atoms with E-state index in [4.69, 9.17) is 13.9 Å². The molecule has 1 aromatic heterocycles. The molecule has 25 heavy (non-hydrogen) atoms. The maximum Gasteiger partial charge on any atom is 0.197 e. The molecule has 6 nitrogen and oxygen atoms in total. The Morgan fingerprint density at radius 2 is 1.68 bits per heavy atom. The Balaban J connectivity index is 2.16. The summed E-state index contributed by atoms with van der Waals surface area (Å²) in [5.74, 6) is 0.936. The van der Waals surface area contributed by atoms with Gasteiger partial charge in [-0.1, -0.05) is 0 Å². The summed E-state index contributed by atoms with van der Waals surface area (Å²) < 4.78 is 16.8. The molecule has 0 amide bonds. The highest BCUT2D eigenvalue weighted by atomic mass is 16.5. The molecule has 3 rings (SSSR count). The van der Waals surface area contributed by atoms with Crippen molar-refractivity contribution in [2.75, 3.05) is 13.2 Å². The van der Waals surface area contributed by atoms with Gasteiger partial charge in [-0.2, -0.15) is 0 Å². The molecule has 0 aliphatic carbocycles. The minimum atomic E-state index is -0.402. The van der Waals surface area contributed by atoms with Gasteiger partial charge in [0.1, 0.15) is 28.2 Å². The van der Waals surface area contributed by atoms with Crippen molar-refractivity contribution in [3.63, 3.8) is 0 Å². The van der Waals surface area contributed by atoms with Crippen LogP contribution in [0, 0.1) is 0 Å². The van der Waals surface area contributed by atoms with Gasteiger partial charge in [0.15, 0.2) is 16.9 Å². The molecule has 0 aliphatic heterocycles. The van der Waals surface area contributed by atoms with E-state index in [-0.39, 0.29) is 22.5 Å². The lowest BCUT2D eigenvalue weighted by Gasteiger charge is -2.12. The summed E-state index contributed by atoms with van der Waals surface area (Å²) in [6.45, 7) is 4.71. The van der Waals surface area contributed by atoms with Crippen LogP contribution >= 0.6 is 0 Å². The number of hydrogen-bond acceptors (Lipinski definition) is 6. The van der Waals surface area contributed by atoms with E-state index >= 15 is 0 Å². The van der Waals surface area contributed by atoms with E-state index in [2.05, 4.69) is 0 Å². The van der Waals surface area contributed by atoms with Crippen LogP contribution in [0.4, 0.5) is 0 Å². The van der Waals surface area contributed by atoms with E-state index in [9.17, 15) is 15.0 Å². The fourth-order valence-electron chi connectivity index (χ4n) is 2.60. The average molecular weight is 342 g/mol. The highest BCUT2D eigenvalue weighted by Gasteiger charge is 2.14. The number of benzene rings is 2. The Bertz CT molecular complexity index is 974. The normalized spacial score (nSPS) is 10.8. The molecule has 0 bridgehead atoms.